The van der Waals surface area contributed by atoms with Crippen molar-refractivity contribution >= 4 is 12.0 Å². The summed E-state index contributed by atoms with van der Waals surface area (Å²) in [6.45, 7) is 17.1. The molecule has 35 heavy (non-hydrogen) atoms. The predicted molar refractivity (Wildman–Crippen MR) is 148 cm³/mol. The number of ether oxygens (including phenoxy) is 1. The van der Waals surface area contributed by atoms with E-state index in [2.05, 4.69) is 72.8 Å². The van der Waals surface area contributed by atoms with Crippen LogP contribution in [0.2, 0.25) is 0 Å². The topological polar surface area (TPSA) is 36.0 Å². The molecule has 1 aliphatic heterocycles. The zero-order valence-corrected chi connectivity index (χ0v) is 22.7. The van der Waals surface area contributed by atoms with Crippen LogP contribution < -0.4 is 4.90 Å². The quantitative estimate of drug-likeness (QED) is 0.368. The number of benzene rings is 1. The molecule has 3 rings (SSSR count). The van der Waals surface area contributed by atoms with Gasteiger partial charge in [-0.3, -0.25) is 9.69 Å². The van der Waals surface area contributed by atoms with E-state index in [1.165, 1.54) is 23.2 Å². The minimum atomic E-state index is 0.436. The van der Waals surface area contributed by atoms with Gasteiger partial charge in [0, 0.05) is 63.0 Å². The molecule has 0 aromatic heterocycles. The van der Waals surface area contributed by atoms with Crippen molar-refractivity contribution in [2.45, 2.75) is 53.0 Å². The molecule has 194 valence electrons. The van der Waals surface area contributed by atoms with Crippen LogP contribution in [-0.4, -0.2) is 81.7 Å². The lowest BCUT2D eigenvalue weighted by atomic mass is 9.90. The Morgan fingerprint density at radius 2 is 2.06 bits per heavy atom. The minimum Gasteiger partial charge on any atom is -0.383 e. The molecule has 1 fully saturated rings. The van der Waals surface area contributed by atoms with Crippen LogP contribution in [0.5, 0.6) is 0 Å². The highest BCUT2D eigenvalue weighted by Crippen LogP contribution is 2.31. The molecule has 0 spiro atoms. The third kappa shape index (κ3) is 7.77. The Bertz CT molecular complexity index is 865. The molecular weight excluding hydrogens is 434 g/mol. The molecule has 3 unspecified atom stereocenters. The molecule has 0 amide bonds. The third-order valence-electron chi connectivity index (χ3n) is 7.82. The zero-order valence-electron chi connectivity index (χ0n) is 22.7. The summed E-state index contributed by atoms with van der Waals surface area (Å²) in [6.07, 6.45) is 11.5. The van der Waals surface area contributed by atoms with Crippen molar-refractivity contribution in [1.82, 2.24) is 9.80 Å². The first kappa shape index (κ1) is 27.6. The number of hydrogen-bond acceptors (Lipinski definition) is 5. The normalized spacial score (nSPS) is 21.5. The average molecular weight is 482 g/mol. The molecule has 1 aromatic rings. The molecule has 1 saturated heterocycles. The Hall–Kier alpha value is -1.95. The summed E-state index contributed by atoms with van der Waals surface area (Å²) in [5, 5.41) is 0. The number of hydrogen-bond donors (Lipinski definition) is 0. The van der Waals surface area contributed by atoms with E-state index in [1.807, 2.05) is 6.07 Å². The van der Waals surface area contributed by atoms with Crippen LogP contribution in [0, 0.1) is 11.8 Å². The predicted octanol–water partition coefficient (Wildman–Crippen LogP) is 5.07. The second-order valence-electron chi connectivity index (χ2n) is 10.4. The number of methoxy groups -OCH3 is 1. The number of allylic oxidation sites excluding steroid dienone is 2. The molecule has 0 radical (unpaired) electrons. The summed E-state index contributed by atoms with van der Waals surface area (Å²) < 4.78 is 5.29. The minimum absolute atomic E-state index is 0.436. The lowest BCUT2D eigenvalue weighted by Gasteiger charge is -2.34. The van der Waals surface area contributed by atoms with Crippen LogP contribution in [0.1, 0.15) is 56.5 Å². The number of carbonyl (C=O) groups is 1. The van der Waals surface area contributed by atoms with Crippen LogP contribution in [0.15, 0.2) is 42.0 Å². The summed E-state index contributed by atoms with van der Waals surface area (Å²) in [4.78, 5) is 19.4. The Labute approximate surface area is 213 Å². The molecule has 5 heteroatoms. The van der Waals surface area contributed by atoms with Crippen molar-refractivity contribution in [2.75, 3.05) is 64.4 Å². The standard InChI is InChI=1S/C30H47N3O2/c1-6-24(3)19-27-12-10-26(23-34)21-30(27)33-16-15-32(14-8-13-31(7-2)17-18-35-5)29-20-25(4)9-11-28(29)22-33/h9-12,20-21,23-24,28-29H,6-8,13-19,22H2,1-5H3. The third-order valence-corrected chi connectivity index (χ3v) is 7.82. The van der Waals surface area contributed by atoms with Gasteiger partial charge in [0.2, 0.25) is 0 Å². The van der Waals surface area contributed by atoms with Crippen LogP contribution in [0.4, 0.5) is 5.69 Å². The number of likely N-dealkylation sites (N-methyl/N-ethyl adjacent to an activating group) is 1. The van der Waals surface area contributed by atoms with Crippen LogP contribution in [0.25, 0.3) is 0 Å². The monoisotopic (exact) mass is 481 g/mol. The Morgan fingerprint density at radius 3 is 2.77 bits per heavy atom. The maximum atomic E-state index is 11.6. The smallest absolute Gasteiger partial charge is 0.150 e. The van der Waals surface area contributed by atoms with Crippen molar-refractivity contribution in [3.05, 3.63) is 53.1 Å². The number of rotatable bonds is 13. The van der Waals surface area contributed by atoms with Crippen molar-refractivity contribution in [3.8, 4) is 0 Å². The summed E-state index contributed by atoms with van der Waals surface area (Å²) in [6, 6.07) is 6.73. The summed E-state index contributed by atoms with van der Waals surface area (Å²) in [5.74, 6) is 1.08. The summed E-state index contributed by atoms with van der Waals surface area (Å²) in [7, 11) is 1.78. The van der Waals surface area contributed by atoms with Gasteiger partial charge in [-0.2, -0.15) is 0 Å². The Morgan fingerprint density at radius 1 is 1.23 bits per heavy atom. The molecule has 3 atom stereocenters. The van der Waals surface area contributed by atoms with Crippen molar-refractivity contribution in [1.29, 1.82) is 0 Å². The van der Waals surface area contributed by atoms with E-state index in [1.54, 1.807) is 7.11 Å². The van der Waals surface area contributed by atoms with Gasteiger partial charge in [-0.05, 0) is 50.4 Å². The van der Waals surface area contributed by atoms with Gasteiger partial charge >= 0.3 is 0 Å². The van der Waals surface area contributed by atoms with E-state index in [9.17, 15) is 4.79 Å². The second kappa shape index (κ2) is 14.0. The van der Waals surface area contributed by atoms with Crippen molar-refractivity contribution in [2.24, 2.45) is 11.8 Å². The highest BCUT2D eigenvalue weighted by molar-refractivity contribution is 5.78. The molecule has 5 nitrogen and oxygen atoms in total. The van der Waals surface area contributed by atoms with Gasteiger partial charge in [-0.1, -0.05) is 63.1 Å². The van der Waals surface area contributed by atoms with E-state index in [-0.39, 0.29) is 0 Å². The first-order chi connectivity index (χ1) is 17.0. The largest absolute Gasteiger partial charge is 0.383 e. The molecule has 1 aliphatic carbocycles. The molecule has 0 bridgehead atoms. The highest BCUT2D eigenvalue weighted by atomic mass is 16.5. The van der Waals surface area contributed by atoms with E-state index in [0.29, 0.717) is 17.9 Å². The van der Waals surface area contributed by atoms with Crippen LogP contribution in [0.3, 0.4) is 0 Å². The first-order valence-corrected chi connectivity index (χ1v) is 13.6. The van der Waals surface area contributed by atoms with Gasteiger partial charge in [0.05, 0.1) is 6.61 Å². The fraction of sp³-hybridized carbons (Fsp3) is 0.633. The number of fused-ring (bicyclic) bond motifs is 1. The van der Waals surface area contributed by atoms with Gasteiger partial charge in [0.1, 0.15) is 6.29 Å². The number of anilines is 1. The molecular formula is C30H47N3O2. The van der Waals surface area contributed by atoms with Gasteiger partial charge in [0.15, 0.2) is 0 Å². The van der Waals surface area contributed by atoms with Crippen LogP contribution >= 0.6 is 0 Å². The van der Waals surface area contributed by atoms with Gasteiger partial charge in [-0.25, -0.2) is 0 Å². The summed E-state index contributed by atoms with van der Waals surface area (Å²) in [5.41, 5.74) is 4.77. The maximum Gasteiger partial charge on any atom is 0.150 e. The zero-order chi connectivity index (χ0) is 25.2. The molecule has 1 heterocycles. The number of carbonyl (C=O) groups excluding carboxylic acids is 1. The SMILES string of the molecule is CCC(C)Cc1ccc(C=O)cc1N1CCN(CCCN(CC)CCOC)C2C=C(C)C=CC2C1. The number of aldehydes is 1. The van der Waals surface area contributed by atoms with Crippen molar-refractivity contribution < 1.29 is 9.53 Å². The van der Waals surface area contributed by atoms with E-state index in [0.717, 1.165) is 77.1 Å². The van der Waals surface area contributed by atoms with E-state index >= 15 is 0 Å². The Balaban J connectivity index is 1.78. The fourth-order valence-corrected chi connectivity index (χ4v) is 5.39. The van der Waals surface area contributed by atoms with Crippen LogP contribution in [-0.2, 0) is 11.2 Å². The van der Waals surface area contributed by atoms with Gasteiger partial charge < -0.3 is 14.5 Å². The lowest BCUT2D eigenvalue weighted by molar-refractivity contribution is 0.112. The summed E-state index contributed by atoms with van der Waals surface area (Å²) >= 11 is 0. The Kier molecular flexibility index (Phi) is 11.0. The first-order valence-electron chi connectivity index (χ1n) is 13.6. The van der Waals surface area contributed by atoms with E-state index in [4.69, 9.17) is 4.74 Å². The van der Waals surface area contributed by atoms with E-state index < -0.39 is 0 Å². The maximum absolute atomic E-state index is 11.6. The molecule has 0 saturated carbocycles. The second-order valence-corrected chi connectivity index (χ2v) is 10.4. The van der Waals surface area contributed by atoms with Gasteiger partial charge in [-0.15, -0.1) is 0 Å². The number of nitrogens with zero attached hydrogens (tertiary/aromatic N) is 3. The lowest BCUT2D eigenvalue weighted by Crippen LogP contribution is -2.42. The van der Waals surface area contributed by atoms with Gasteiger partial charge in [0.25, 0.3) is 0 Å². The molecule has 1 aromatic carbocycles. The molecule has 2 aliphatic rings. The highest BCUT2D eigenvalue weighted by Gasteiger charge is 2.32. The average Bonchev–Trinajstić information content (AvgIpc) is 3.05. The fourth-order valence-electron chi connectivity index (χ4n) is 5.39. The van der Waals surface area contributed by atoms with Crippen molar-refractivity contribution in [3.63, 3.8) is 0 Å². The molecule has 0 N–H and O–H groups in total.